The van der Waals surface area contributed by atoms with Crippen LogP contribution in [0.25, 0.3) is 0 Å². The van der Waals surface area contributed by atoms with E-state index < -0.39 is 10.0 Å². The maximum absolute atomic E-state index is 12.0. The molecule has 174 valence electrons. The van der Waals surface area contributed by atoms with Gasteiger partial charge in [0.2, 0.25) is 10.0 Å². The topological polar surface area (TPSA) is 58.2 Å². The van der Waals surface area contributed by atoms with Gasteiger partial charge in [-0.2, -0.15) is 0 Å². The number of nitrogens with one attached hydrogen (secondary N) is 2. The van der Waals surface area contributed by atoms with Crippen LogP contribution >= 0.6 is 0 Å². The molecular formula is C27H38N2O2S. The Kier molecular flexibility index (Phi) is 7.38. The lowest BCUT2D eigenvalue weighted by atomic mass is 9.57. The fourth-order valence-electron chi connectivity index (χ4n) is 5.36. The Bertz CT molecular complexity index is 1010. The molecule has 1 saturated carbocycles. The lowest BCUT2D eigenvalue weighted by Gasteiger charge is -2.50. The van der Waals surface area contributed by atoms with Gasteiger partial charge in [-0.3, -0.25) is 0 Å². The SMILES string of the molecule is CCCCS(=O)(=O)NCCCc1ccc2c(c1)C(C1(c3ccc(C)cc3)CCC1)NCC2. The average Bonchev–Trinajstić information content (AvgIpc) is 2.76. The maximum atomic E-state index is 12.0. The molecule has 0 bridgehead atoms. The fourth-order valence-corrected chi connectivity index (χ4v) is 6.63. The Hall–Kier alpha value is -1.69. The van der Waals surface area contributed by atoms with Gasteiger partial charge >= 0.3 is 0 Å². The molecule has 2 aromatic rings. The van der Waals surface area contributed by atoms with Gasteiger partial charge in [0.05, 0.1) is 5.75 Å². The quantitative estimate of drug-likeness (QED) is 0.499. The van der Waals surface area contributed by atoms with Crippen LogP contribution in [0, 0.1) is 6.92 Å². The Labute approximate surface area is 194 Å². The molecule has 0 aromatic heterocycles. The zero-order chi connectivity index (χ0) is 22.6. The molecule has 0 radical (unpaired) electrons. The first-order valence-electron chi connectivity index (χ1n) is 12.3. The van der Waals surface area contributed by atoms with E-state index in [1.54, 1.807) is 0 Å². The molecule has 2 N–H and O–H groups in total. The zero-order valence-electron chi connectivity index (χ0n) is 19.6. The normalized spacial score (nSPS) is 19.9. The number of fused-ring (bicyclic) bond motifs is 1. The van der Waals surface area contributed by atoms with Crippen molar-refractivity contribution in [2.75, 3.05) is 18.8 Å². The van der Waals surface area contributed by atoms with Crippen LogP contribution in [0.2, 0.25) is 0 Å². The molecule has 4 nitrogen and oxygen atoms in total. The lowest BCUT2D eigenvalue weighted by molar-refractivity contribution is 0.164. The summed E-state index contributed by atoms with van der Waals surface area (Å²) >= 11 is 0. The molecule has 1 fully saturated rings. The molecular weight excluding hydrogens is 416 g/mol. The predicted octanol–water partition coefficient (Wildman–Crippen LogP) is 4.96. The standard InChI is InChI=1S/C27H38N2O2S/c1-3-4-19-32(30,31)29-17-5-7-22-10-11-23-14-18-28-26(25(23)20-22)27(15-6-16-27)24-12-8-21(2)9-13-24/h8-13,20,26,28-29H,3-7,14-19H2,1-2H3. The van der Waals surface area contributed by atoms with Gasteiger partial charge in [0.1, 0.15) is 0 Å². The van der Waals surface area contributed by atoms with Gasteiger partial charge in [0.25, 0.3) is 0 Å². The van der Waals surface area contributed by atoms with Gasteiger partial charge in [-0.25, -0.2) is 13.1 Å². The van der Waals surface area contributed by atoms with E-state index in [-0.39, 0.29) is 11.2 Å². The van der Waals surface area contributed by atoms with Crippen molar-refractivity contribution >= 4 is 10.0 Å². The second-order valence-corrected chi connectivity index (χ2v) is 11.6. The fraction of sp³-hybridized carbons (Fsp3) is 0.556. The van der Waals surface area contributed by atoms with E-state index in [0.29, 0.717) is 12.6 Å². The van der Waals surface area contributed by atoms with Gasteiger partial charge in [0, 0.05) is 18.0 Å². The first-order chi connectivity index (χ1) is 15.4. The number of rotatable bonds is 10. The zero-order valence-corrected chi connectivity index (χ0v) is 20.4. The van der Waals surface area contributed by atoms with Crippen molar-refractivity contribution in [1.82, 2.24) is 10.0 Å². The first-order valence-corrected chi connectivity index (χ1v) is 14.0. The van der Waals surface area contributed by atoms with Crippen LogP contribution in [0.4, 0.5) is 0 Å². The summed E-state index contributed by atoms with van der Waals surface area (Å²) in [7, 11) is -3.13. The molecule has 2 aliphatic rings. The van der Waals surface area contributed by atoms with E-state index in [1.807, 2.05) is 6.92 Å². The second kappa shape index (κ2) is 10.1. The van der Waals surface area contributed by atoms with E-state index in [9.17, 15) is 8.42 Å². The Balaban J connectivity index is 1.47. The van der Waals surface area contributed by atoms with Crippen molar-refractivity contribution in [3.05, 3.63) is 70.3 Å². The van der Waals surface area contributed by atoms with E-state index in [1.165, 1.54) is 47.1 Å². The number of hydrogen-bond acceptors (Lipinski definition) is 3. The predicted molar refractivity (Wildman–Crippen MR) is 133 cm³/mol. The molecule has 1 unspecified atom stereocenters. The summed E-state index contributed by atoms with van der Waals surface area (Å²) in [6, 6.07) is 16.5. The van der Waals surface area contributed by atoms with Crippen LogP contribution in [0.5, 0.6) is 0 Å². The van der Waals surface area contributed by atoms with Crippen LogP contribution in [0.3, 0.4) is 0 Å². The summed E-state index contributed by atoms with van der Waals surface area (Å²) in [5.74, 6) is 0.233. The Morgan fingerprint density at radius 2 is 1.88 bits per heavy atom. The average molecular weight is 455 g/mol. The third kappa shape index (κ3) is 5.11. The Morgan fingerprint density at radius 3 is 2.56 bits per heavy atom. The summed E-state index contributed by atoms with van der Waals surface area (Å²) in [4.78, 5) is 0. The highest BCUT2D eigenvalue weighted by molar-refractivity contribution is 7.89. The highest BCUT2D eigenvalue weighted by Crippen LogP contribution is 2.53. The van der Waals surface area contributed by atoms with Crippen LogP contribution in [0.15, 0.2) is 42.5 Å². The van der Waals surface area contributed by atoms with Crippen molar-refractivity contribution in [2.45, 2.75) is 76.7 Å². The van der Waals surface area contributed by atoms with E-state index in [2.05, 4.69) is 59.4 Å². The minimum absolute atomic E-state index is 0.191. The minimum Gasteiger partial charge on any atom is -0.309 e. The van der Waals surface area contributed by atoms with Crippen molar-refractivity contribution in [2.24, 2.45) is 0 Å². The van der Waals surface area contributed by atoms with Crippen LogP contribution < -0.4 is 10.0 Å². The third-order valence-corrected chi connectivity index (χ3v) is 8.89. The number of aryl methyl sites for hydroxylation is 2. The summed E-state index contributed by atoms with van der Waals surface area (Å²) < 4.78 is 26.8. The lowest BCUT2D eigenvalue weighted by Crippen LogP contribution is -2.49. The monoisotopic (exact) mass is 454 g/mol. The van der Waals surface area contributed by atoms with E-state index in [0.717, 1.165) is 38.6 Å². The molecule has 0 spiro atoms. The molecule has 0 amide bonds. The molecule has 1 aliphatic heterocycles. The molecule has 32 heavy (non-hydrogen) atoms. The van der Waals surface area contributed by atoms with Crippen molar-refractivity contribution < 1.29 is 8.42 Å². The number of hydrogen-bond donors (Lipinski definition) is 2. The summed E-state index contributed by atoms with van der Waals surface area (Å²) in [6.07, 6.45) is 8.17. The number of unbranched alkanes of at least 4 members (excludes halogenated alkanes) is 1. The summed E-state index contributed by atoms with van der Waals surface area (Å²) in [6.45, 7) is 5.71. The van der Waals surface area contributed by atoms with Crippen molar-refractivity contribution in [3.8, 4) is 0 Å². The van der Waals surface area contributed by atoms with Gasteiger partial charge in [-0.1, -0.05) is 67.8 Å². The van der Waals surface area contributed by atoms with Gasteiger partial charge in [0.15, 0.2) is 0 Å². The van der Waals surface area contributed by atoms with Crippen LogP contribution in [0.1, 0.15) is 79.3 Å². The number of sulfonamides is 1. The molecule has 2 aromatic carbocycles. The van der Waals surface area contributed by atoms with Gasteiger partial charge < -0.3 is 5.32 Å². The largest absolute Gasteiger partial charge is 0.309 e. The summed E-state index contributed by atoms with van der Waals surface area (Å²) in [5.41, 5.74) is 7.20. The molecule has 0 saturated heterocycles. The number of benzene rings is 2. The molecule has 4 rings (SSSR count). The second-order valence-electron chi connectivity index (χ2n) is 9.72. The van der Waals surface area contributed by atoms with E-state index in [4.69, 9.17) is 0 Å². The van der Waals surface area contributed by atoms with Crippen LogP contribution in [-0.2, 0) is 28.3 Å². The molecule has 1 aliphatic carbocycles. The Morgan fingerprint density at radius 1 is 1.09 bits per heavy atom. The molecule has 1 heterocycles. The third-order valence-electron chi connectivity index (χ3n) is 7.42. The van der Waals surface area contributed by atoms with Crippen LogP contribution in [-0.4, -0.2) is 27.3 Å². The highest BCUT2D eigenvalue weighted by Gasteiger charge is 2.47. The van der Waals surface area contributed by atoms with Gasteiger partial charge in [-0.05, 0) is 74.2 Å². The van der Waals surface area contributed by atoms with Crippen molar-refractivity contribution in [3.63, 3.8) is 0 Å². The molecule has 5 heteroatoms. The maximum Gasteiger partial charge on any atom is 0.211 e. The van der Waals surface area contributed by atoms with Crippen molar-refractivity contribution in [1.29, 1.82) is 0 Å². The molecule has 1 atom stereocenters. The smallest absolute Gasteiger partial charge is 0.211 e. The van der Waals surface area contributed by atoms with Gasteiger partial charge in [-0.15, -0.1) is 0 Å². The van der Waals surface area contributed by atoms with E-state index >= 15 is 0 Å². The highest BCUT2D eigenvalue weighted by atomic mass is 32.2. The minimum atomic E-state index is -3.13. The first kappa shape index (κ1) is 23.5. The summed E-state index contributed by atoms with van der Waals surface area (Å²) in [5, 5.41) is 3.87.